The molecule has 2 atom stereocenters. The van der Waals surface area contributed by atoms with Crippen molar-refractivity contribution in [1.82, 2.24) is 10.6 Å². The molecule has 0 saturated heterocycles. The molecule has 5 aromatic rings. The molecular weight excluding hydrogens is 412 g/mol. The van der Waals surface area contributed by atoms with Gasteiger partial charge in [0.2, 0.25) is 0 Å². The molecule has 0 spiro atoms. The van der Waals surface area contributed by atoms with Crippen molar-refractivity contribution in [2.75, 3.05) is 0 Å². The van der Waals surface area contributed by atoms with Gasteiger partial charge >= 0.3 is 0 Å². The van der Waals surface area contributed by atoms with E-state index in [1.165, 1.54) is 43.8 Å². The molecule has 0 aliphatic rings. The third-order valence-corrected chi connectivity index (χ3v) is 6.80. The molecule has 0 bridgehead atoms. The average molecular weight is 445 g/mol. The van der Waals surface area contributed by atoms with Crippen molar-refractivity contribution in [3.63, 3.8) is 0 Å². The number of hydrogen-bond donors (Lipinski definition) is 2. The fraction of sp³-hybridized carbons (Fsp3) is 0.188. The highest BCUT2D eigenvalue weighted by Gasteiger charge is 2.10. The Labute approximate surface area is 202 Å². The molecule has 2 nitrogen and oxygen atoms in total. The molecule has 0 saturated carbocycles. The molecule has 2 unspecified atom stereocenters. The summed E-state index contributed by atoms with van der Waals surface area (Å²) in [4.78, 5) is 0. The first-order chi connectivity index (χ1) is 16.7. The monoisotopic (exact) mass is 444 g/mol. The van der Waals surface area contributed by atoms with Crippen LogP contribution in [-0.2, 0) is 13.1 Å². The van der Waals surface area contributed by atoms with Crippen molar-refractivity contribution in [1.29, 1.82) is 0 Å². The minimum absolute atomic E-state index is 0.277. The van der Waals surface area contributed by atoms with Crippen molar-refractivity contribution in [3.05, 3.63) is 131 Å². The molecule has 2 N–H and O–H groups in total. The summed E-state index contributed by atoms with van der Waals surface area (Å²) in [5.74, 6) is 0. The van der Waals surface area contributed by atoms with Gasteiger partial charge in [-0.15, -0.1) is 0 Å². The first-order valence-electron chi connectivity index (χ1n) is 12.2. The Morgan fingerprint density at radius 1 is 0.500 bits per heavy atom. The molecule has 34 heavy (non-hydrogen) atoms. The van der Waals surface area contributed by atoms with E-state index in [1.807, 2.05) is 0 Å². The van der Waals surface area contributed by atoms with Gasteiger partial charge in [-0.05, 0) is 57.6 Å². The Bertz CT molecular complexity index is 1290. The van der Waals surface area contributed by atoms with Crippen molar-refractivity contribution in [2.45, 2.75) is 39.0 Å². The molecule has 170 valence electrons. The zero-order chi connectivity index (χ0) is 23.3. The summed E-state index contributed by atoms with van der Waals surface area (Å²) in [7, 11) is 0. The summed E-state index contributed by atoms with van der Waals surface area (Å²) in [5, 5.41) is 12.7. The summed E-state index contributed by atoms with van der Waals surface area (Å²) in [6, 6.07) is 39.8. The van der Waals surface area contributed by atoms with Crippen LogP contribution in [0.25, 0.3) is 21.5 Å². The van der Waals surface area contributed by atoms with E-state index in [4.69, 9.17) is 0 Å². The highest BCUT2D eigenvalue weighted by Crippen LogP contribution is 2.25. The Hall–Kier alpha value is -3.46. The van der Waals surface area contributed by atoms with Gasteiger partial charge in [0.05, 0.1) is 0 Å². The second-order valence-corrected chi connectivity index (χ2v) is 9.16. The largest absolute Gasteiger partial charge is 0.306 e. The standard InChI is InChI=1S/C32H32N2/c1-23(29-18-8-14-27-12-3-5-16-31(27)29)33-21-25-10-7-11-26(20-25)22-34-24(2)30-19-9-15-28-13-4-6-17-32(28)30/h3-20,23-24,33-34H,21-22H2,1-2H3. The number of nitrogens with one attached hydrogen (secondary N) is 2. The Morgan fingerprint density at radius 2 is 0.912 bits per heavy atom. The lowest BCUT2D eigenvalue weighted by molar-refractivity contribution is 0.571. The van der Waals surface area contributed by atoms with Crippen LogP contribution in [0, 0.1) is 0 Å². The second-order valence-electron chi connectivity index (χ2n) is 9.16. The van der Waals surface area contributed by atoms with Crippen molar-refractivity contribution in [3.8, 4) is 0 Å². The average Bonchev–Trinajstić information content (AvgIpc) is 2.90. The fourth-order valence-corrected chi connectivity index (χ4v) is 4.87. The van der Waals surface area contributed by atoms with E-state index in [-0.39, 0.29) is 12.1 Å². The van der Waals surface area contributed by atoms with Crippen LogP contribution in [-0.4, -0.2) is 0 Å². The van der Waals surface area contributed by atoms with Crippen LogP contribution in [0.15, 0.2) is 109 Å². The van der Waals surface area contributed by atoms with E-state index in [1.54, 1.807) is 0 Å². The minimum Gasteiger partial charge on any atom is -0.306 e. The van der Waals surface area contributed by atoms with Gasteiger partial charge in [-0.1, -0.05) is 109 Å². The maximum Gasteiger partial charge on any atom is 0.0301 e. The quantitative estimate of drug-likeness (QED) is 0.256. The third-order valence-electron chi connectivity index (χ3n) is 6.80. The molecule has 5 rings (SSSR count). The molecule has 2 heteroatoms. The SMILES string of the molecule is CC(NCc1cccc(CNC(C)c2cccc3ccccc23)c1)c1cccc2ccccc12. The van der Waals surface area contributed by atoms with Crippen LogP contribution < -0.4 is 10.6 Å². The van der Waals surface area contributed by atoms with E-state index < -0.39 is 0 Å². The topological polar surface area (TPSA) is 24.1 Å². The molecule has 0 radical (unpaired) electrons. The first-order valence-corrected chi connectivity index (χ1v) is 12.2. The van der Waals surface area contributed by atoms with Crippen molar-refractivity contribution in [2.24, 2.45) is 0 Å². The maximum atomic E-state index is 3.72. The lowest BCUT2D eigenvalue weighted by atomic mass is 9.99. The smallest absolute Gasteiger partial charge is 0.0301 e. The van der Waals surface area contributed by atoms with Gasteiger partial charge in [0, 0.05) is 25.2 Å². The summed E-state index contributed by atoms with van der Waals surface area (Å²) >= 11 is 0. The van der Waals surface area contributed by atoms with Crippen molar-refractivity contribution < 1.29 is 0 Å². The van der Waals surface area contributed by atoms with Crippen molar-refractivity contribution >= 4 is 21.5 Å². The Balaban J connectivity index is 1.23. The van der Waals surface area contributed by atoms with Gasteiger partial charge in [0.25, 0.3) is 0 Å². The van der Waals surface area contributed by atoms with Gasteiger partial charge in [0.15, 0.2) is 0 Å². The van der Waals surface area contributed by atoms with Crippen LogP contribution >= 0.6 is 0 Å². The third kappa shape index (κ3) is 4.89. The summed E-state index contributed by atoms with van der Waals surface area (Å²) < 4.78 is 0. The lowest BCUT2D eigenvalue weighted by Gasteiger charge is -2.18. The number of benzene rings is 5. The predicted octanol–water partition coefficient (Wildman–Crippen LogP) is 7.69. The zero-order valence-electron chi connectivity index (χ0n) is 20.0. The molecule has 0 aliphatic carbocycles. The van der Waals surface area contributed by atoms with Gasteiger partial charge in [-0.25, -0.2) is 0 Å². The Morgan fingerprint density at radius 3 is 1.41 bits per heavy atom. The van der Waals surface area contributed by atoms with Gasteiger partial charge in [-0.3, -0.25) is 0 Å². The van der Waals surface area contributed by atoms with Crippen LogP contribution in [0.1, 0.15) is 48.2 Å². The molecule has 0 aliphatic heterocycles. The van der Waals surface area contributed by atoms with Gasteiger partial charge in [-0.2, -0.15) is 0 Å². The van der Waals surface area contributed by atoms with E-state index in [0.29, 0.717) is 0 Å². The first kappa shape index (κ1) is 22.3. The second kappa shape index (κ2) is 10.2. The van der Waals surface area contributed by atoms with E-state index in [0.717, 1.165) is 13.1 Å². The van der Waals surface area contributed by atoms with Crippen LogP contribution in [0.4, 0.5) is 0 Å². The zero-order valence-corrected chi connectivity index (χ0v) is 20.0. The van der Waals surface area contributed by atoms with Crippen LogP contribution in [0.5, 0.6) is 0 Å². The predicted molar refractivity (Wildman–Crippen MR) is 145 cm³/mol. The molecule has 5 aromatic carbocycles. The number of fused-ring (bicyclic) bond motifs is 2. The highest BCUT2D eigenvalue weighted by atomic mass is 14.9. The van der Waals surface area contributed by atoms with E-state index in [9.17, 15) is 0 Å². The van der Waals surface area contributed by atoms with Crippen LogP contribution in [0.2, 0.25) is 0 Å². The maximum absolute atomic E-state index is 3.72. The summed E-state index contributed by atoms with van der Waals surface area (Å²) in [6.07, 6.45) is 0. The molecule has 0 aromatic heterocycles. The molecular formula is C32H32N2. The van der Waals surface area contributed by atoms with Gasteiger partial charge < -0.3 is 10.6 Å². The fourth-order valence-electron chi connectivity index (χ4n) is 4.87. The molecule has 0 heterocycles. The molecule has 0 fully saturated rings. The van der Waals surface area contributed by atoms with Gasteiger partial charge in [0.1, 0.15) is 0 Å². The van der Waals surface area contributed by atoms with Crippen LogP contribution in [0.3, 0.4) is 0 Å². The number of hydrogen-bond acceptors (Lipinski definition) is 2. The normalized spacial score (nSPS) is 13.2. The van der Waals surface area contributed by atoms with E-state index in [2.05, 4.69) is 134 Å². The molecule has 0 amide bonds. The lowest BCUT2D eigenvalue weighted by Crippen LogP contribution is -2.20. The number of rotatable bonds is 8. The summed E-state index contributed by atoms with van der Waals surface area (Å²) in [5.41, 5.74) is 5.31. The summed E-state index contributed by atoms with van der Waals surface area (Å²) in [6.45, 7) is 6.19. The Kier molecular flexibility index (Phi) is 6.71. The van der Waals surface area contributed by atoms with E-state index >= 15 is 0 Å². The highest BCUT2D eigenvalue weighted by molar-refractivity contribution is 5.86. The minimum atomic E-state index is 0.277.